The van der Waals surface area contributed by atoms with Gasteiger partial charge in [0.05, 0.1) is 38.1 Å². The second-order valence-corrected chi connectivity index (χ2v) is 47.2. The number of hydrogen-bond acceptors (Lipinski definition) is 15. The maximum atomic E-state index is 12.3. The second-order valence-electron chi connectivity index (χ2n) is 46.8. The van der Waals surface area contributed by atoms with Crippen LogP contribution < -0.4 is 26.8 Å². The molecule has 0 bridgehead atoms. The Morgan fingerprint density at radius 3 is 1.38 bits per heavy atom. The van der Waals surface area contributed by atoms with Crippen LogP contribution in [0.4, 0.5) is 0 Å². The number of aliphatic hydroxyl groups excluding tert-OH is 4. The lowest BCUT2D eigenvalue weighted by molar-refractivity contribution is -0.140. The summed E-state index contributed by atoms with van der Waals surface area (Å²) in [7, 11) is 0. The lowest BCUT2D eigenvalue weighted by Gasteiger charge is -2.37. The number of nitrogens with one attached hydrogen (secondary N) is 5. The van der Waals surface area contributed by atoms with E-state index in [-0.39, 0.29) is 76.5 Å². The number of nitrogens with zero attached hydrogens (tertiary/aromatic N) is 3. The normalized spacial score (nSPS) is 20.8. The fourth-order valence-electron chi connectivity index (χ4n) is 14.9. The molecular formula is C113H183ClN8O10. The van der Waals surface area contributed by atoms with Crippen molar-refractivity contribution in [1.82, 2.24) is 41.1 Å². The first kappa shape index (κ1) is 119. The molecule has 742 valence electrons. The molecule has 132 heavy (non-hydrogen) atoms. The maximum absolute atomic E-state index is 12.3. The first-order valence-corrected chi connectivity index (χ1v) is 49.0. The number of pyridine rings is 1. The number of aryl methyl sites for hydroxylation is 5. The van der Waals surface area contributed by atoms with Crippen molar-refractivity contribution < 1.29 is 44.2 Å². The molecule has 13 rings (SSSR count). The fraction of sp³-hybridized carbons (Fsp3) is 0.637. The Balaban J connectivity index is 0.000000378. The summed E-state index contributed by atoms with van der Waals surface area (Å²) < 4.78 is 16.2. The zero-order valence-electron chi connectivity index (χ0n) is 88.6. The van der Waals surface area contributed by atoms with Gasteiger partial charge in [0.1, 0.15) is 36.3 Å². The van der Waals surface area contributed by atoms with E-state index in [1.165, 1.54) is 103 Å². The molecule has 1 aliphatic carbocycles. The van der Waals surface area contributed by atoms with Gasteiger partial charge in [0.2, 0.25) is 11.8 Å². The van der Waals surface area contributed by atoms with Crippen molar-refractivity contribution in [2.45, 2.75) is 371 Å². The van der Waals surface area contributed by atoms with Crippen molar-refractivity contribution in [3.8, 4) is 0 Å². The van der Waals surface area contributed by atoms with Gasteiger partial charge in [0, 0.05) is 70.1 Å². The van der Waals surface area contributed by atoms with Crippen LogP contribution in [0.3, 0.4) is 0 Å². The van der Waals surface area contributed by atoms with Gasteiger partial charge in [0.15, 0.2) is 0 Å². The van der Waals surface area contributed by atoms with Gasteiger partial charge in [-0.25, -0.2) is 4.98 Å². The Morgan fingerprint density at radius 1 is 0.530 bits per heavy atom. The van der Waals surface area contributed by atoms with Crippen LogP contribution in [0.25, 0.3) is 0 Å². The third-order valence-electron chi connectivity index (χ3n) is 23.5. The second kappa shape index (κ2) is 54.8. The number of ether oxygens (including phenoxy) is 3. The number of halogens is 1. The van der Waals surface area contributed by atoms with Crippen LogP contribution in [0.5, 0.6) is 0 Å². The molecule has 10 atom stereocenters. The third-order valence-corrected chi connectivity index (χ3v) is 23.8. The summed E-state index contributed by atoms with van der Waals surface area (Å²) in [6, 6.07) is 50.3. The summed E-state index contributed by atoms with van der Waals surface area (Å²) >= 11 is 6.01. The number of amides is 2. The van der Waals surface area contributed by atoms with Crippen LogP contribution in [0.1, 0.15) is 320 Å². The predicted molar refractivity (Wildman–Crippen MR) is 553 cm³/mol. The number of aromatic nitrogens is 3. The molecule has 7 aromatic rings. The molecule has 1 saturated carbocycles. The molecule has 0 radical (unpaired) electrons. The Morgan fingerprint density at radius 2 is 1.02 bits per heavy atom. The molecule has 5 saturated heterocycles. The topological polar surface area (TPSA) is 253 Å². The Hall–Kier alpha value is -7.04. The smallest absolute Gasteiger partial charge is 0.253 e. The van der Waals surface area contributed by atoms with E-state index in [9.17, 15) is 34.8 Å². The van der Waals surface area contributed by atoms with Gasteiger partial charge in [-0.2, -0.15) is 0 Å². The van der Waals surface area contributed by atoms with Gasteiger partial charge in [-0.05, 0) is 209 Å². The van der Waals surface area contributed by atoms with Crippen molar-refractivity contribution in [2.75, 3.05) is 52.4 Å². The summed E-state index contributed by atoms with van der Waals surface area (Å²) in [6.07, 6.45) is 5.07. The van der Waals surface area contributed by atoms with Gasteiger partial charge in [-0.3, -0.25) is 19.4 Å². The van der Waals surface area contributed by atoms with Crippen LogP contribution in [0, 0.1) is 79.4 Å². The summed E-state index contributed by atoms with van der Waals surface area (Å²) in [5.41, 5.74) is 14.7. The molecular weight excluding hydrogens is 1660 g/mol. The fourth-order valence-corrected chi connectivity index (χ4v) is 15.3. The van der Waals surface area contributed by atoms with Crippen LogP contribution in [0.15, 0.2) is 157 Å². The third kappa shape index (κ3) is 47.6. The number of carbonyl (C=O) groups excluding carboxylic acids is 2. The number of aliphatic hydroxyl groups is 4. The van der Waals surface area contributed by atoms with E-state index in [0.29, 0.717) is 39.7 Å². The van der Waals surface area contributed by atoms with E-state index >= 15 is 0 Å². The number of aromatic amines is 1. The highest BCUT2D eigenvalue weighted by molar-refractivity contribution is 6.31. The molecule has 2 amide bonds. The Labute approximate surface area is 806 Å². The van der Waals surface area contributed by atoms with Crippen LogP contribution in [0.2, 0.25) is 5.02 Å². The lowest BCUT2D eigenvalue weighted by Crippen LogP contribution is -2.51. The number of carbonyl (C=O) groups is 2. The Bertz CT molecular complexity index is 4440. The van der Waals surface area contributed by atoms with Crippen molar-refractivity contribution in [3.63, 3.8) is 0 Å². The number of hydrogen-bond donors (Lipinski definition) is 9. The van der Waals surface area contributed by atoms with E-state index in [0.717, 1.165) is 65.8 Å². The summed E-state index contributed by atoms with van der Waals surface area (Å²) in [6.45, 7) is 82.5. The minimum atomic E-state index is -0.863. The van der Waals surface area contributed by atoms with Gasteiger partial charge in [-0.1, -0.05) is 350 Å². The monoisotopic (exact) mass is 1850 g/mol. The first-order chi connectivity index (χ1) is 60.8. The van der Waals surface area contributed by atoms with E-state index in [2.05, 4.69) is 293 Å². The largest absolute Gasteiger partial charge is 0.388 e. The van der Waals surface area contributed by atoms with Crippen LogP contribution in [-0.4, -0.2) is 153 Å². The standard InChI is InChI=1S/C16H24N2O.C14H20O4.C11H17N3O2.C11H16.C10H13Cl.C10H15N.C10H14.C9H19N.C8H17N.C7H14O3.C7H14/c1-12-5-7-13(8-6-12)14-11-18(10-9-17-14)15(19)16(2,3)4;1-9-3-5-11(6-4-9)7-17-8-12-14(16)13(15)10(2)18-12;1-7-5-12-8(14-9(7)15)6-13-10(16)11(2,3)4;1-9-5-7-10(8-6-9)11(2,3)4;1-10(2,3)8-6-4-5-7-9(8)11;1-8-6-5-7-9(11-8)10(2,3)4;1-10(2,3)9-7-5-4-6-8-9;1-9(2,3)6-8-4-5-10-7-8;1-8(2,3)4-7-5-9-6-7;1-3-5-7(9)6(8)4(2)10-5;1-7(2,3)6-4-5-6/h5-8,14,17H,9-11H2,1-4H3;3-6,10,12-16H,7-8H2,1-2H3;5H,6H2,1-4H3,(H,13,16)(H,12,14,15);5-8H,1-4H3;4-7H,1-3H3;5-7H,1-4H3;4-8H,1-3H3;8,10H,4-7H2,1-3H3;7,9H,4-6H2,1-3H3;4-9H,3H2,1-2H3;6H,4-5H2,1-3H3/t;10-,12+,13-,14+;;;;;;;;4-,5+,6-,7+;/m.0.......0./s1. The summed E-state index contributed by atoms with van der Waals surface area (Å²) in [5.74, 6) is 3.59. The number of benzene rings is 5. The van der Waals surface area contributed by atoms with Gasteiger partial charge in [0.25, 0.3) is 5.56 Å². The van der Waals surface area contributed by atoms with E-state index < -0.39 is 35.9 Å². The van der Waals surface area contributed by atoms with E-state index in [1.54, 1.807) is 20.8 Å². The summed E-state index contributed by atoms with van der Waals surface area (Å²) in [4.78, 5) is 48.2. The molecule has 2 aromatic heterocycles. The molecule has 6 fully saturated rings. The van der Waals surface area contributed by atoms with Crippen molar-refractivity contribution in [2.24, 2.45) is 44.8 Å². The maximum Gasteiger partial charge on any atom is 0.253 e. The Kier molecular flexibility index (Phi) is 49.4. The van der Waals surface area contributed by atoms with E-state index in [1.807, 2.05) is 116 Å². The van der Waals surface area contributed by atoms with Crippen molar-refractivity contribution >= 4 is 23.4 Å². The molecule has 6 aliphatic rings. The highest BCUT2D eigenvalue weighted by Gasteiger charge is 2.41. The number of rotatable bonds is 10. The first-order valence-electron chi connectivity index (χ1n) is 48.6. The minimum absolute atomic E-state index is 0.0734. The molecule has 2 unspecified atom stereocenters. The number of piperazine rings is 1. The zero-order valence-corrected chi connectivity index (χ0v) is 89.4. The van der Waals surface area contributed by atoms with Gasteiger partial charge < -0.3 is 65.8 Å². The van der Waals surface area contributed by atoms with Crippen LogP contribution in [-0.2, 0) is 58.6 Å². The lowest BCUT2D eigenvalue weighted by atomic mass is 9.82. The highest BCUT2D eigenvalue weighted by Crippen LogP contribution is 2.44. The van der Waals surface area contributed by atoms with Gasteiger partial charge in [-0.15, -0.1) is 0 Å². The van der Waals surface area contributed by atoms with Crippen molar-refractivity contribution in [1.29, 1.82) is 0 Å². The molecule has 19 heteroatoms. The predicted octanol–water partition coefficient (Wildman–Crippen LogP) is 22.9. The average molecular weight is 1850 g/mol. The molecule has 0 spiro atoms. The molecule has 9 N–H and O–H groups in total. The number of H-pyrrole nitrogens is 1. The molecule has 5 aliphatic heterocycles. The van der Waals surface area contributed by atoms with Crippen molar-refractivity contribution in [3.05, 3.63) is 234 Å². The molecule has 5 aromatic carbocycles. The molecule has 7 heterocycles. The van der Waals surface area contributed by atoms with Gasteiger partial charge >= 0.3 is 0 Å². The average Bonchev–Trinajstić information content (AvgIpc) is 1.05. The summed E-state index contributed by atoms with van der Waals surface area (Å²) in [5, 5.41) is 51.5. The molecule has 18 nitrogen and oxygen atoms in total. The minimum Gasteiger partial charge on any atom is -0.388 e. The quantitative estimate of drug-likeness (QED) is 0.0617. The highest BCUT2D eigenvalue weighted by atomic mass is 35.5. The van der Waals surface area contributed by atoms with Crippen LogP contribution >= 0.6 is 11.6 Å². The zero-order chi connectivity index (χ0) is 100. The van der Waals surface area contributed by atoms with E-state index in [4.69, 9.17) is 25.8 Å². The SMILES string of the molecule is CC(C)(C)C1CC1.CC(C)(C)CC1CCNC1.CC(C)(C)CC1CNC1.CC(C)(C)c1ccccc1.CC(C)(C)c1ccccc1Cl.CC[C@H]1O[C@@H](C)[C@H](O)[C@@H]1O.Cc1ccc(C(C)(C)C)cc1.Cc1ccc(C2CN(C(=O)C(C)(C)C)CCN2)cc1.Cc1ccc(COC[C@H]2O[C@@H](C)[C@H](O)[C@@H]2O)cc1.Cc1cccc(C(C)(C)C)n1.Cc1cnc(CNC(=O)C(C)(C)C)[nH]c1=O.